The zero-order chi connectivity index (χ0) is 24.2. The third-order valence-electron chi connectivity index (χ3n) is 5.56. The Hall–Kier alpha value is -4.26. The first-order valence-corrected chi connectivity index (χ1v) is 10.9. The Morgan fingerprint density at radius 2 is 1.65 bits per heavy atom. The second-order valence-electron chi connectivity index (χ2n) is 8.02. The highest BCUT2D eigenvalue weighted by atomic mass is 19.1. The van der Waals surface area contributed by atoms with E-state index in [2.05, 4.69) is 10.6 Å². The topological polar surface area (TPSA) is 80.2 Å². The van der Waals surface area contributed by atoms with Gasteiger partial charge in [-0.15, -0.1) is 0 Å². The van der Waals surface area contributed by atoms with E-state index in [1.165, 1.54) is 34.9 Å². The quantitative estimate of drug-likeness (QED) is 0.432. The smallest absolute Gasteiger partial charge is 0.263 e. The van der Waals surface area contributed by atoms with E-state index in [0.29, 0.717) is 28.8 Å². The summed E-state index contributed by atoms with van der Waals surface area (Å²) in [7, 11) is 0. The zero-order valence-corrected chi connectivity index (χ0v) is 18.9. The molecule has 3 aromatic carbocycles. The van der Waals surface area contributed by atoms with E-state index in [1.54, 1.807) is 18.2 Å². The minimum absolute atomic E-state index is 0.0705. The van der Waals surface area contributed by atoms with Crippen LogP contribution in [0.25, 0.3) is 10.9 Å². The fourth-order valence-corrected chi connectivity index (χ4v) is 3.80. The molecule has 0 aliphatic carbocycles. The average molecular weight is 458 g/mol. The largest absolute Gasteiger partial charge is 0.325 e. The average Bonchev–Trinajstić information content (AvgIpc) is 2.82. The molecule has 7 heteroatoms. The van der Waals surface area contributed by atoms with E-state index < -0.39 is 17.3 Å². The molecule has 0 atom stereocenters. The van der Waals surface area contributed by atoms with E-state index in [4.69, 9.17) is 0 Å². The highest BCUT2D eigenvalue weighted by Crippen LogP contribution is 2.24. The van der Waals surface area contributed by atoms with Crippen LogP contribution in [0.2, 0.25) is 0 Å². The lowest BCUT2D eigenvalue weighted by Crippen LogP contribution is -2.29. The minimum atomic E-state index is -0.610. The lowest BCUT2D eigenvalue weighted by atomic mass is 10.1. The first-order valence-electron chi connectivity index (χ1n) is 10.9. The van der Waals surface area contributed by atoms with Gasteiger partial charge < -0.3 is 15.2 Å². The molecule has 4 aromatic rings. The van der Waals surface area contributed by atoms with Crippen molar-refractivity contribution in [3.05, 3.63) is 106 Å². The molecule has 0 bridgehead atoms. The Morgan fingerprint density at radius 3 is 2.32 bits per heavy atom. The summed E-state index contributed by atoms with van der Waals surface area (Å²) in [5, 5.41) is 6.12. The molecule has 0 spiro atoms. The van der Waals surface area contributed by atoms with Crippen molar-refractivity contribution >= 4 is 34.1 Å². The van der Waals surface area contributed by atoms with E-state index >= 15 is 0 Å². The van der Waals surface area contributed by atoms with Gasteiger partial charge in [0.2, 0.25) is 5.91 Å². The number of benzene rings is 3. The molecule has 0 aliphatic heterocycles. The van der Waals surface area contributed by atoms with Crippen molar-refractivity contribution in [1.82, 2.24) is 4.57 Å². The number of pyridine rings is 1. The van der Waals surface area contributed by atoms with Gasteiger partial charge in [0, 0.05) is 17.6 Å². The van der Waals surface area contributed by atoms with E-state index in [0.717, 1.165) is 11.1 Å². The van der Waals surface area contributed by atoms with Gasteiger partial charge in [-0.05, 0) is 61.9 Å². The number of nitrogens with one attached hydrogen (secondary N) is 2. The summed E-state index contributed by atoms with van der Waals surface area (Å²) in [6.07, 6.45) is 0.196. The number of amides is 2. The monoisotopic (exact) mass is 457 g/mol. The van der Waals surface area contributed by atoms with Crippen LogP contribution in [0.1, 0.15) is 28.4 Å². The van der Waals surface area contributed by atoms with Crippen molar-refractivity contribution in [2.24, 2.45) is 0 Å². The summed E-state index contributed by atoms with van der Waals surface area (Å²) in [6.45, 7) is 4.13. The lowest BCUT2D eigenvalue weighted by Gasteiger charge is -2.15. The van der Waals surface area contributed by atoms with E-state index in [1.807, 2.05) is 38.1 Å². The van der Waals surface area contributed by atoms with Crippen molar-refractivity contribution in [3.8, 4) is 0 Å². The predicted octanol–water partition coefficient (Wildman–Crippen LogP) is 4.90. The second-order valence-corrected chi connectivity index (χ2v) is 8.02. The fourth-order valence-electron chi connectivity index (χ4n) is 3.80. The van der Waals surface area contributed by atoms with Crippen LogP contribution in [-0.2, 0) is 17.8 Å². The highest BCUT2D eigenvalue weighted by molar-refractivity contribution is 6.08. The molecule has 172 valence electrons. The molecule has 4 rings (SSSR count). The molecule has 0 unspecified atom stereocenters. The van der Waals surface area contributed by atoms with Crippen LogP contribution in [0.3, 0.4) is 0 Å². The van der Waals surface area contributed by atoms with Gasteiger partial charge in [0.25, 0.3) is 11.5 Å². The second kappa shape index (κ2) is 9.70. The number of aryl methyl sites for hydroxylation is 2. The summed E-state index contributed by atoms with van der Waals surface area (Å²) >= 11 is 0. The number of rotatable bonds is 6. The molecule has 1 aromatic heterocycles. The molecule has 0 radical (unpaired) electrons. The van der Waals surface area contributed by atoms with Gasteiger partial charge >= 0.3 is 0 Å². The first-order chi connectivity index (χ1) is 16.4. The molecule has 1 heterocycles. The molecule has 2 amide bonds. The number of anilines is 2. The summed E-state index contributed by atoms with van der Waals surface area (Å²) in [5.74, 6) is -1.24. The number of carbonyl (C=O) groups excluding carboxylic acids is 2. The number of hydrogen-bond donors (Lipinski definition) is 2. The number of aromatic nitrogens is 1. The van der Waals surface area contributed by atoms with Crippen LogP contribution in [0.4, 0.5) is 15.8 Å². The van der Waals surface area contributed by atoms with Crippen molar-refractivity contribution in [1.29, 1.82) is 0 Å². The summed E-state index contributed by atoms with van der Waals surface area (Å²) < 4.78 is 14.7. The molecule has 2 N–H and O–H groups in total. The van der Waals surface area contributed by atoms with Crippen LogP contribution in [0.5, 0.6) is 0 Å². The van der Waals surface area contributed by atoms with Crippen LogP contribution in [-0.4, -0.2) is 16.4 Å². The molecule has 6 nitrogen and oxygen atoms in total. The fraction of sp³-hybridized carbons (Fsp3) is 0.148. The Labute approximate surface area is 196 Å². The summed E-state index contributed by atoms with van der Waals surface area (Å²) in [6, 6.07) is 19.8. The molecule has 0 fully saturated rings. The SMILES string of the molecule is CCn1c(=O)c(C(=O)Nc2ccc(F)cc2)cc2c(NC(=O)Cc3ccc(C)cc3)cccc21. The number of fused-ring (bicyclic) bond motifs is 1. The number of halogens is 1. The van der Waals surface area contributed by atoms with Crippen LogP contribution >= 0.6 is 0 Å². The standard InChI is InChI=1S/C27H24FN3O3/c1-3-31-24-6-4-5-23(30-25(32)15-18-9-7-17(2)8-10-18)21(24)16-22(27(31)34)26(33)29-20-13-11-19(28)12-14-20/h4-14,16H,3,15H2,1-2H3,(H,29,33)(H,30,32). The van der Waals surface area contributed by atoms with E-state index in [9.17, 15) is 18.8 Å². The Balaban J connectivity index is 1.69. The van der Waals surface area contributed by atoms with Gasteiger partial charge in [-0.2, -0.15) is 0 Å². The summed E-state index contributed by atoms with van der Waals surface area (Å²) in [4.78, 5) is 38.7. The first kappa shape index (κ1) is 22.9. The van der Waals surface area contributed by atoms with E-state index in [-0.39, 0.29) is 17.9 Å². The molecule has 0 saturated carbocycles. The normalized spacial score (nSPS) is 10.8. The lowest BCUT2D eigenvalue weighted by molar-refractivity contribution is -0.115. The number of nitrogens with zero attached hydrogens (tertiary/aromatic N) is 1. The van der Waals surface area contributed by atoms with Crippen LogP contribution in [0, 0.1) is 12.7 Å². The van der Waals surface area contributed by atoms with Crippen LogP contribution in [0.15, 0.2) is 77.6 Å². The predicted molar refractivity (Wildman–Crippen MR) is 132 cm³/mol. The number of carbonyl (C=O) groups is 2. The Bertz CT molecular complexity index is 1420. The third kappa shape index (κ3) is 4.88. The van der Waals surface area contributed by atoms with Gasteiger partial charge in [-0.1, -0.05) is 35.9 Å². The zero-order valence-electron chi connectivity index (χ0n) is 18.9. The van der Waals surface area contributed by atoms with Crippen molar-refractivity contribution in [2.45, 2.75) is 26.8 Å². The maximum absolute atomic E-state index is 13.2. The third-order valence-corrected chi connectivity index (χ3v) is 5.56. The van der Waals surface area contributed by atoms with Gasteiger partial charge in [-0.3, -0.25) is 14.4 Å². The molecule has 0 aliphatic rings. The maximum atomic E-state index is 13.2. The van der Waals surface area contributed by atoms with Gasteiger partial charge in [-0.25, -0.2) is 4.39 Å². The summed E-state index contributed by atoms with van der Waals surface area (Å²) in [5.41, 5.74) is 2.97. The van der Waals surface area contributed by atoms with Gasteiger partial charge in [0.15, 0.2) is 0 Å². The Kier molecular flexibility index (Phi) is 6.54. The molecular weight excluding hydrogens is 433 g/mol. The minimum Gasteiger partial charge on any atom is -0.325 e. The Morgan fingerprint density at radius 1 is 0.941 bits per heavy atom. The van der Waals surface area contributed by atoms with Crippen LogP contribution < -0.4 is 16.2 Å². The number of hydrogen-bond acceptors (Lipinski definition) is 3. The molecule has 0 saturated heterocycles. The highest BCUT2D eigenvalue weighted by Gasteiger charge is 2.18. The van der Waals surface area contributed by atoms with Gasteiger partial charge in [0.05, 0.1) is 17.6 Å². The van der Waals surface area contributed by atoms with Crippen molar-refractivity contribution < 1.29 is 14.0 Å². The molecular formula is C27H24FN3O3. The van der Waals surface area contributed by atoms with Crippen molar-refractivity contribution in [2.75, 3.05) is 10.6 Å². The van der Waals surface area contributed by atoms with Crippen molar-refractivity contribution in [3.63, 3.8) is 0 Å². The molecule has 34 heavy (non-hydrogen) atoms. The maximum Gasteiger partial charge on any atom is 0.263 e. The van der Waals surface area contributed by atoms with Gasteiger partial charge in [0.1, 0.15) is 11.4 Å².